The molecule has 0 fully saturated rings. The summed E-state index contributed by atoms with van der Waals surface area (Å²) < 4.78 is 25.0. The number of rotatable bonds is 7. The summed E-state index contributed by atoms with van der Waals surface area (Å²) in [6, 6.07) is 16.0. The number of aryl methyl sites for hydroxylation is 2. The topological polar surface area (TPSA) is 88.9 Å². The third-order valence-corrected chi connectivity index (χ3v) is 4.92. The number of benzene rings is 2. The van der Waals surface area contributed by atoms with Gasteiger partial charge >= 0.3 is 0 Å². The molecule has 0 spiro atoms. The number of hydrogen-bond donors (Lipinski definition) is 2. The molecule has 0 unspecified atom stereocenters. The van der Waals surface area contributed by atoms with E-state index in [1.165, 1.54) is 11.1 Å². The van der Waals surface area contributed by atoms with Crippen molar-refractivity contribution in [2.24, 2.45) is 0 Å². The number of nitrogens with one attached hydrogen (secondary N) is 2. The Morgan fingerprint density at radius 1 is 0.852 bits per heavy atom. The second kappa shape index (κ2) is 7.79. The predicted molar refractivity (Wildman–Crippen MR) is 107 cm³/mol. The fourth-order valence-electron chi connectivity index (χ4n) is 2.49. The van der Waals surface area contributed by atoms with Gasteiger partial charge in [-0.05, 0) is 25.0 Å². The molecule has 142 valence electrons. The minimum absolute atomic E-state index is 0.185. The van der Waals surface area contributed by atoms with Gasteiger partial charge < -0.3 is 10.6 Å². The lowest BCUT2D eigenvalue weighted by Crippen LogP contribution is -2.16. The molecular formula is C19H23N5O2S. The molecule has 0 aliphatic heterocycles. The molecule has 3 aromatic rings. The van der Waals surface area contributed by atoms with Crippen LogP contribution in [0.3, 0.4) is 0 Å². The predicted octanol–water partition coefficient (Wildman–Crippen LogP) is 2.93. The lowest BCUT2D eigenvalue weighted by atomic mass is 10.1. The second-order valence-corrected chi connectivity index (χ2v) is 8.36. The van der Waals surface area contributed by atoms with E-state index in [0.29, 0.717) is 13.1 Å². The Bertz CT molecular complexity index is 1010. The third kappa shape index (κ3) is 5.07. The van der Waals surface area contributed by atoms with Crippen LogP contribution in [0.15, 0.2) is 48.5 Å². The van der Waals surface area contributed by atoms with Gasteiger partial charge in [0.2, 0.25) is 11.9 Å². The van der Waals surface area contributed by atoms with Crippen LogP contribution in [0.1, 0.15) is 22.3 Å². The van der Waals surface area contributed by atoms with Crippen LogP contribution in [-0.2, 0) is 23.1 Å². The second-order valence-electron chi connectivity index (χ2n) is 6.54. The Morgan fingerprint density at radius 3 is 1.81 bits per heavy atom. The van der Waals surface area contributed by atoms with Gasteiger partial charge in [-0.25, -0.2) is 8.42 Å². The van der Waals surface area contributed by atoms with E-state index in [1.54, 1.807) is 0 Å². The highest BCUT2D eigenvalue weighted by atomic mass is 32.2. The van der Waals surface area contributed by atoms with E-state index in [1.807, 2.05) is 62.4 Å². The third-order valence-electron chi connectivity index (χ3n) is 4.04. The average molecular weight is 385 g/mol. The zero-order chi connectivity index (χ0) is 19.4. The van der Waals surface area contributed by atoms with Crippen molar-refractivity contribution in [1.82, 2.24) is 14.2 Å². The lowest BCUT2D eigenvalue weighted by Gasteiger charge is -2.06. The average Bonchev–Trinajstić information content (AvgIpc) is 3.04. The molecule has 1 aromatic heterocycles. The lowest BCUT2D eigenvalue weighted by molar-refractivity contribution is 0.587. The van der Waals surface area contributed by atoms with Crippen LogP contribution in [-0.4, -0.2) is 28.8 Å². The van der Waals surface area contributed by atoms with E-state index in [9.17, 15) is 8.42 Å². The summed E-state index contributed by atoms with van der Waals surface area (Å²) in [5, 5.41) is 10.2. The molecule has 0 saturated heterocycles. The summed E-state index contributed by atoms with van der Waals surface area (Å²) in [7, 11) is -3.57. The van der Waals surface area contributed by atoms with Gasteiger partial charge in [0.05, 0.1) is 6.26 Å². The number of anilines is 2. The van der Waals surface area contributed by atoms with E-state index in [2.05, 4.69) is 20.7 Å². The highest BCUT2D eigenvalue weighted by Crippen LogP contribution is 2.14. The van der Waals surface area contributed by atoms with E-state index < -0.39 is 10.0 Å². The first-order valence-electron chi connectivity index (χ1n) is 8.58. The molecule has 0 radical (unpaired) electrons. The maximum absolute atomic E-state index is 12.0. The normalized spacial score (nSPS) is 11.4. The summed E-state index contributed by atoms with van der Waals surface area (Å²) >= 11 is 0. The Hall–Kier alpha value is -2.87. The molecule has 27 heavy (non-hydrogen) atoms. The fourth-order valence-corrected chi connectivity index (χ4v) is 3.13. The highest BCUT2D eigenvalue weighted by Gasteiger charge is 2.17. The summed E-state index contributed by atoms with van der Waals surface area (Å²) in [5.74, 6) is 0.442. The first-order chi connectivity index (χ1) is 12.8. The van der Waals surface area contributed by atoms with Crippen molar-refractivity contribution in [3.05, 3.63) is 70.8 Å². The Kier molecular flexibility index (Phi) is 5.46. The molecule has 0 saturated carbocycles. The molecular weight excluding hydrogens is 362 g/mol. The Morgan fingerprint density at radius 2 is 1.33 bits per heavy atom. The van der Waals surface area contributed by atoms with Crippen LogP contribution >= 0.6 is 0 Å². The zero-order valence-corrected chi connectivity index (χ0v) is 16.4. The van der Waals surface area contributed by atoms with Gasteiger partial charge in [-0.3, -0.25) is 0 Å². The molecule has 1 heterocycles. The molecule has 0 aliphatic carbocycles. The van der Waals surface area contributed by atoms with Gasteiger partial charge in [0.1, 0.15) is 0 Å². The molecule has 2 aromatic carbocycles. The van der Waals surface area contributed by atoms with Gasteiger partial charge in [0.25, 0.3) is 10.0 Å². The monoisotopic (exact) mass is 385 g/mol. The number of nitrogens with zero attached hydrogens (tertiary/aromatic N) is 3. The minimum Gasteiger partial charge on any atom is -0.349 e. The van der Waals surface area contributed by atoms with E-state index in [-0.39, 0.29) is 11.9 Å². The molecule has 0 aliphatic rings. The first-order valence-corrected chi connectivity index (χ1v) is 10.4. The van der Waals surface area contributed by atoms with Gasteiger partial charge in [-0.1, -0.05) is 59.7 Å². The minimum atomic E-state index is -3.57. The van der Waals surface area contributed by atoms with Crippen molar-refractivity contribution in [2.75, 3.05) is 16.9 Å². The van der Waals surface area contributed by atoms with E-state index in [4.69, 9.17) is 0 Å². The van der Waals surface area contributed by atoms with Crippen LogP contribution in [0.4, 0.5) is 11.9 Å². The van der Waals surface area contributed by atoms with Crippen LogP contribution in [0, 0.1) is 13.8 Å². The van der Waals surface area contributed by atoms with Gasteiger partial charge in [0, 0.05) is 13.1 Å². The summed E-state index contributed by atoms with van der Waals surface area (Å²) in [4.78, 5) is 4.29. The van der Waals surface area contributed by atoms with Crippen molar-refractivity contribution in [3.8, 4) is 0 Å². The van der Waals surface area contributed by atoms with Gasteiger partial charge in [-0.2, -0.15) is 4.98 Å². The molecule has 8 heteroatoms. The first kappa shape index (κ1) is 18.9. The maximum atomic E-state index is 12.0. The van der Waals surface area contributed by atoms with Crippen molar-refractivity contribution < 1.29 is 8.42 Å². The maximum Gasteiger partial charge on any atom is 0.254 e. The fraction of sp³-hybridized carbons (Fsp3) is 0.263. The van der Waals surface area contributed by atoms with Crippen molar-refractivity contribution in [2.45, 2.75) is 26.9 Å². The zero-order valence-electron chi connectivity index (χ0n) is 15.6. The smallest absolute Gasteiger partial charge is 0.254 e. The van der Waals surface area contributed by atoms with Crippen LogP contribution in [0.5, 0.6) is 0 Å². The molecule has 7 nitrogen and oxygen atoms in total. The molecule has 0 bridgehead atoms. The molecule has 0 atom stereocenters. The summed E-state index contributed by atoms with van der Waals surface area (Å²) in [5.41, 5.74) is 4.43. The van der Waals surface area contributed by atoms with Crippen molar-refractivity contribution in [1.29, 1.82) is 0 Å². The molecule has 2 N–H and O–H groups in total. The van der Waals surface area contributed by atoms with Crippen LogP contribution in [0.2, 0.25) is 0 Å². The van der Waals surface area contributed by atoms with Gasteiger partial charge in [-0.15, -0.1) is 9.19 Å². The van der Waals surface area contributed by atoms with E-state index in [0.717, 1.165) is 21.5 Å². The number of hydrogen-bond acceptors (Lipinski definition) is 6. The quantitative estimate of drug-likeness (QED) is 0.650. The molecule has 0 amide bonds. The molecule has 3 rings (SSSR count). The van der Waals surface area contributed by atoms with Crippen LogP contribution in [0.25, 0.3) is 0 Å². The Labute approximate surface area is 159 Å². The van der Waals surface area contributed by atoms with Crippen molar-refractivity contribution >= 4 is 21.9 Å². The van der Waals surface area contributed by atoms with Gasteiger partial charge in [0.15, 0.2) is 0 Å². The standard InChI is InChI=1S/C19H23N5O2S/c1-14-4-8-16(9-5-14)12-20-18-22-19(24(23-18)27(3,25)26)21-13-17-10-6-15(2)7-11-17/h4-11H,12-13H2,1-3H3,(H2,20,21,22,23). The summed E-state index contributed by atoms with van der Waals surface area (Å²) in [6.07, 6.45) is 1.10. The SMILES string of the molecule is Cc1ccc(CNc2nc(NCc3ccc(C)cc3)n(S(C)(=O)=O)n2)cc1. The number of aromatic nitrogens is 3. The highest BCUT2D eigenvalue weighted by molar-refractivity contribution is 7.89. The van der Waals surface area contributed by atoms with Crippen molar-refractivity contribution in [3.63, 3.8) is 0 Å². The Balaban J connectivity index is 1.74. The van der Waals surface area contributed by atoms with E-state index >= 15 is 0 Å². The van der Waals surface area contributed by atoms with Crippen LogP contribution < -0.4 is 10.6 Å². The largest absolute Gasteiger partial charge is 0.349 e. The summed E-state index contributed by atoms with van der Waals surface area (Å²) in [6.45, 7) is 5.00.